The fourth-order valence-corrected chi connectivity index (χ4v) is 3.48. The first-order chi connectivity index (χ1) is 9.29. The van der Waals surface area contributed by atoms with E-state index in [0.717, 1.165) is 19.8 Å². The van der Waals surface area contributed by atoms with E-state index in [0.29, 0.717) is 11.5 Å². The van der Waals surface area contributed by atoms with Gasteiger partial charge in [0.1, 0.15) is 0 Å². The van der Waals surface area contributed by atoms with Crippen molar-refractivity contribution in [3.8, 4) is 0 Å². The normalized spacial score (nSPS) is 27.0. The lowest BCUT2D eigenvalue weighted by atomic mass is 9.79. The minimum absolute atomic E-state index is 0.318. The van der Waals surface area contributed by atoms with Crippen molar-refractivity contribution < 1.29 is 9.47 Å². The Kier molecular flexibility index (Phi) is 8.72. The van der Waals surface area contributed by atoms with Crippen LogP contribution in [0.3, 0.4) is 0 Å². The van der Waals surface area contributed by atoms with Crippen LogP contribution >= 0.6 is 0 Å². The number of hydrogen-bond donors (Lipinski definition) is 0. The summed E-state index contributed by atoms with van der Waals surface area (Å²) in [5.41, 5.74) is 0.318. The SMILES string of the molecule is CCCCCCCC1(COCC)CCCC1OCC. The lowest BCUT2D eigenvalue weighted by Crippen LogP contribution is -2.37. The molecule has 2 heteroatoms. The maximum Gasteiger partial charge on any atom is 0.0653 e. The Morgan fingerprint density at radius 2 is 1.79 bits per heavy atom. The molecule has 1 fully saturated rings. The molecule has 19 heavy (non-hydrogen) atoms. The molecule has 2 nitrogen and oxygen atoms in total. The fraction of sp³-hybridized carbons (Fsp3) is 1.00. The van der Waals surface area contributed by atoms with Crippen molar-refractivity contribution in [1.29, 1.82) is 0 Å². The van der Waals surface area contributed by atoms with Crippen LogP contribution in [0.4, 0.5) is 0 Å². The monoisotopic (exact) mass is 270 g/mol. The average molecular weight is 270 g/mol. The lowest BCUT2D eigenvalue weighted by Gasteiger charge is -2.35. The molecule has 0 radical (unpaired) electrons. The largest absolute Gasteiger partial charge is 0.381 e. The van der Waals surface area contributed by atoms with E-state index in [9.17, 15) is 0 Å². The van der Waals surface area contributed by atoms with E-state index in [1.807, 2.05) is 0 Å². The summed E-state index contributed by atoms with van der Waals surface area (Å²) in [6, 6.07) is 0. The Balaban J connectivity index is 2.44. The zero-order valence-corrected chi connectivity index (χ0v) is 13.4. The van der Waals surface area contributed by atoms with E-state index in [4.69, 9.17) is 9.47 Å². The van der Waals surface area contributed by atoms with Gasteiger partial charge in [-0.2, -0.15) is 0 Å². The zero-order valence-electron chi connectivity index (χ0n) is 13.4. The van der Waals surface area contributed by atoms with Crippen molar-refractivity contribution in [2.24, 2.45) is 5.41 Å². The van der Waals surface area contributed by atoms with Crippen LogP contribution in [0.2, 0.25) is 0 Å². The smallest absolute Gasteiger partial charge is 0.0653 e. The second kappa shape index (κ2) is 9.77. The van der Waals surface area contributed by atoms with E-state index in [2.05, 4.69) is 20.8 Å². The predicted octanol–water partition coefficient (Wildman–Crippen LogP) is 4.96. The Bertz CT molecular complexity index is 217. The van der Waals surface area contributed by atoms with Crippen LogP contribution in [0, 0.1) is 5.41 Å². The molecule has 0 amide bonds. The molecular formula is C17H34O2. The molecule has 0 aromatic carbocycles. The molecule has 2 atom stereocenters. The fourth-order valence-electron chi connectivity index (χ4n) is 3.48. The molecule has 0 N–H and O–H groups in total. The van der Waals surface area contributed by atoms with E-state index in [1.165, 1.54) is 57.8 Å². The van der Waals surface area contributed by atoms with Crippen molar-refractivity contribution in [2.75, 3.05) is 19.8 Å². The van der Waals surface area contributed by atoms with Crippen molar-refractivity contribution in [3.05, 3.63) is 0 Å². The van der Waals surface area contributed by atoms with Gasteiger partial charge in [0.2, 0.25) is 0 Å². The number of unbranched alkanes of at least 4 members (excludes halogenated alkanes) is 4. The highest BCUT2D eigenvalue weighted by Gasteiger charge is 2.43. The Morgan fingerprint density at radius 1 is 1.00 bits per heavy atom. The molecule has 0 aromatic rings. The van der Waals surface area contributed by atoms with E-state index >= 15 is 0 Å². The second-order valence-electron chi connectivity index (χ2n) is 6.00. The quantitative estimate of drug-likeness (QED) is 0.494. The lowest BCUT2D eigenvalue weighted by molar-refractivity contribution is -0.0646. The van der Waals surface area contributed by atoms with Gasteiger partial charge in [0.25, 0.3) is 0 Å². The molecule has 1 aliphatic rings. The number of hydrogen-bond acceptors (Lipinski definition) is 2. The van der Waals surface area contributed by atoms with Gasteiger partial charge in [-0.25, -0.2) is 0 Å². The molecule has 1 rings (SSSR count). The van der Waals surface area contributed by atoms with Crippen LogP contribution in [-0.4, -0.2) is 25.9 Å². The number of ether oxygens (including phenoxy) is 2. The summed E-state index contributed by atoms with van der Waals surface area (Å²) in [6.45, 7) is 9.07. The number of rotatable bonds is 11. The van der Waals surface area contributed by atoms with Crippen molar-refractivity contribution >= 4 is 0 Å². The highest BCUT2D eigenvalue weighted by atomic mass is 16.5. The van der Waals surface area contributed by atoms with E-state index in [-0.39, 0.29) is 0 Å². The molecule has 0 spiro atoms. The summed E-state index contributed by atoms with van der Waals surface area (Å²) in [4.78, 5) is 0. The molecular weight excluding hydrogens is 236 g/mol. The van der Waals surface area contributed by atoms with Gasteiger partial charge < -0.3 is 9.47 Å². The van der Waals surface area contributed by atoms with Crippen LogP contribution in [0.5, 0.6) is 0 Å². The maximum absolute atomic E-state index is 6.01. The molecule has 0 heterocycles. The zero-order chi connectivity index (χ0) is 14.0. The van der Waals surface area contributed by atoms with Gasteiger partial charge in [0.15, 0.2) is 0 Å². The third kappa shape index (κ3) is 5.43. The van der Waals surface area contributed by atoms with Crippen molar-refractivity contribution in [1.82, 2.24) is 0 Å². The molecule has 0 saturated heterocycles. The molecule has 114 valence electrons. The van der Waals surface area contributed by atoms with E-state index in [1.54, 1.807) is 0 Å². The molecule has 2 unspecified atom stereocenters. The Hall–Kier alpha value is -0.0800. The summed E-state index contributed by atoms with van der Waals surface area (Å²) in [6.07, 6.45) is 12.4. The summed E-state index contributed by atoms with van der Waals surface area (Å²) >= 11 is 0. The first-order valence-electron chi connectivity index (χ1n) is 8.48. The molecule has 0 bridgehead atoms. The van der Waals surface area contributed by atoms with Crippen molar-refractivity contribution in [3.63, 3.8) is 0 Å². The minimum atomic E-state index is 0.318. The van der Waals surface area contributed by atoms with Crippen LogP contribution in [0.1, 0.15) is 78.6 Å². The third-order valence-corrected chi connectivity index (χ3v) is 4.56. The van der Waals surface area contributed by atoms with Gasteiger partial charge in [-0.05, 0) is 33.1 Å². The van der Waals surface area contributed by atoms with Crippen molar-refractivity contribution in [2.45, 2.75) is 84.7 Å². The summed E-state index contributed by atoms with van der Waals surface area (Å²) < 4.78 is 11.8. The third-order valence-electron chi connectivity index (χ3n) is 4.56. The van der Waals surface area contributed by atoms with E-state index < -0.39 is 0 Å². The topological polar surface area (TPSA) is 18.5 Å². The Labute approximate surface area is 120 Å². The highest BCUT2D eigenvalue weighted by molar-refractivity contribution is 4.93. The van der Waals surface area contributed by atoms with Gasteiger partial charge in [0, 0.05) is 18.6 Å². The average Bonchev–Trinajstić information content (AvgIpc) is 2.80. The standard InChI is InChI=1S/C17H34O2/c1-4-7-8-9-10-13-17(15-18-5-2)14-11-12-16(17)19-6-3/h16H,4-15H2,1-3H3. The first-order valence-corrected chi connectivity index (χ1v) is 8.48. The summed E-state index contributed by atoms with van der Waals surface area (Å²) in [5.74, 6) is 0. The molecule has 0 aliphatic heterocycles. The van der Waals surface area contributed by atoms with Crippen LogP contribution in [0.15, 0.2) is 0 Å². The van der Waals surface area contributed by atoms with Crippen LogP contribution in [0.25, 0.3) is 0 Å². The summed E-state index contributed by atoms with van der Waals surface area (Å²) in [5, 5.41) is 0. The van der Waals surface area contributed by atoms with Gasteiger partial charge in [-0.3, -0.25) is 0 Å². The minimum Gasteiger partial charge on any atom is -0.381 e. The maximum atomic E-state index is 6.01. The first kappa shape index (κ1) is 17.0. The predicted molar refractivity (Wildman–Crippen MR) is 81.6 cm³/mol. The van der Waals surface area contributed by atoms with Crippen LogP contribution < -0.4 is 0 Å². The molecule has 1 aliphatic carbocycles. The summed E-state index contributed by atoms with van der Waals surface area (Å²) in [7, 11) is 0. The van der Waals surface area contributed by atoms with Gasteiger partial charge in [0.05, 0.1) is 12.7 Å². The molecule has 0 aromatic heterocycles. The second-order valence-corrected chi connectivity index (χ2v) is 6.00. The molecule has 1 saturated carbocycles. The van der Waals surface area contributed by atoms with Crippen LogP contribution in [-0.2, 0) is 9.47 Å². The van der Waals surface area contributed by atoms with Gasteiger partial charge >= 0.3 is 0 Å². The van der Waals surface area contributed by atoms with Gasteiger partial charge in [-0.1, -0.05) is 45.4 Å². The van der Waals surface area contributed by atoms with Gasteiger partial charge in [-0.15, -0.1) is 0 Å². The highest BCUT2D eigenvalue weighted by Crippen LogP contribution is 2.44. The Morgan fingerprint density at radius 3 is 2.47 bits per heavy atom.